The smallest absolute Gasteiger partial charge is 0.244 e. The van der Waals surface area contributed by atoms with Crippen LogP contribution in [-0.2, 0) is 10.2 Å². The van der Waals surface area contributed by atoms with Gasteiger partial charge in [-0.25, -0.2) is 14.9 Å². The molecule has 0 bridgehead atoms. The van der Waals surface area contributed by atoms with E-state index in [0.29, 0.717) is 5.96 Å². The molecular weight excluding hydrogens is 318 g/mol. The normalized spacial score (nSPS) is 17.7. The van der Waals surface area contributed by atoms with Crippen LogP contribution < -0.4 is 4.90 Å². The lowest BCUT2D eigenvalue weighted by Gasteiger charge is -2.19. The van der Waals surface area contributed by atoms with Crippen LogP contribution in [0, 0.1) is 0 Å². The average Bonchev–Trinajstić information content (AvgIpc) is 2.58. The molecule has 5 heteroatoms. The van der Waals surface area contributed by atoms with Crippen LogP contribution >= 0.6 is 15.9 Å². The van der Waals surface area contributed by atoms with E-state index in [1.807, 2.05) is 32.0 Å². The first-order chi connectivity index (χ1) is 9.45. The molecule has 0 N–H and O–H groups in total. The quantitative estimate of drug-likeness (QED) is 0.571. The Balaban J connectivity index is 2.69. The molecule has 2 rings (SSSR count). The van der Waals surface area contributed by atoms with Gasteiger partial charge in [-0.05, 0) is 32.9 Å². The van der Waals surface area contributed by atoms with Crippen molar-refractivity contribution in [2.45, 2.75) is 26.2 Å². The lowest BCUT2D eigenvalue weighted by Crippen LogP contribution is -2.39. The maximum absolute atomic E-state index is 12.7. The Morgan fingerprint density at radius 1 is 1.45 bits per heavy atom. The number of benzene rings is 1. The summed E-state index contributed by atoms with van der Waals surface area (Å²) in [4.78, 5) is 22.6. The second kappa shape index (κ2) is 5.32. The first-order valence-corrected chi connectivity index (χ1v) is 7.05. The lowest BCUT2D eigenvalue weighted by molar-refractivity contribution is -0.121. The number of hydrogen-bond acceptors (Lipinski definition) is 2. The summed E-state index contributed by atoms with van der Waals surface area (Å²) in [5.41, 5.74) is 1.13. The van der Waals surface area contributed by atoms with E-state index >= 15 is 0 Å². The van der Waals surface area contributed by atoms with Crippen LogP contribution in [0.25, 0.3) is 0 Å². The van der Waals surface area contributed by atoms with Gasteiger partial charge in [0, 0.05) is 22.5 Å². The van der Waals surface area contributed by atoms with E-state index in [4.69, 9.17) is 0 Å². The lowest BCUT2D eigenvalue weighted by atomic mass is 9.86. The molecule has 0 fully saturated rings. The predicted molar refractivity (Wildman–Crippen MR) is 86.5 cm³/mol. The minimum Gasteiger partial charge on any atom is -0.273 e. The van der Waals surface area contributed by atoms with Crippen LogP contribution in [0.1, 0.15) is 26.3 Å². The number of nitrogens with zero attached hydrogens (tertiary/aromatic N) is 3. The number of hydrogen-bond donors (Lipinski definition) is 0. The van der Waals surface area contributed by atoms with Gasteiger partial charge in [-0.2, -0.15) is 0 Å². The molecule has 0 aliphatic carbocycles. The van der Waals surface area contributed by atoms with Crippen molar-refractivity contribution in [1.82, 2.24) is 0 Å². The molecule has 0 saturated heterocycles. The van der Waals surface area contributed by atoms with E-state index in [0.717, 1.165) is 15.7 Å². The van der Waals surface area contributed by atoms with Gasteiger partial charge in [-0.3, -0.25) is 4.79 Å². The third-order valence-corrected chi connectivity index (χ3v) is 3.91. The number of fused-ring (bicyclic) bond motifs is 1. The fourth-order valence-electron chi connectivity index (χ4n) is 2.36. The SMILES string of the molecule is C=CN=C(/N=C\C)N1C(=O)C(C)(C)c2c(Br)cccc21. The first kappa shape index (κ1) is 14.7. The van der Waals surface area contributed by atoms with Crippen molar-refractivity contribution in [2.24, 2.45) is 9.98 Å². The molecule has 0 aromatic heterocycles. The highest BCUT2D eigenvalue weighted by atomic mass is 79.9. The topological polar surface area (TPSA) is 45.0 Å². The maximum atomic E-state index is 12.7. The number of anilines is 1. The Morgan fingerprint density at radius 2 is 2.15 bits per heavy atom. The number of amides is 1. The van der Waals surface area contributed by atoms with Gasteiger partial charge in [-0.1, -0.05) is 28.6 Å². The molecule has 0 radical (unpaired) electrons. The van der Waals surface area contributed by atoms with Gasteiger partial charge >= 0.3 is 0 Å². The minimum atomic E-state index is -0.624. The third-order valence-electron chi connectivity index (χ3n) is 3.25. The fraction of sp³-hybridized carbons (Fsp3) is 0.267. The first-order valence-electron chi connectivity index (χ1n) is 6.26. The summed E-state index contributed by atoms with van der Waals surface area (Å²) in [6.45, 7) is 9.17. The molecule has 4 nitrogen and oxygen atoms in total. The summed E-state index contributed by atoms with van der Waals surface area (Å²) in [6, 6.07) is 5.73. The molecule has 1 heterocycles. The van der Waals surface area contributed by atoms with Crippen molar-refractivity contribution in [1.29, 1.82) is 0 Å². The van der Waals surface area contributed by atoms with Gasteiger partial charge in [0.1, 0.15) is 0 Å². The van der Waals surface area contributed by atoms with Crippen molar-refractivity contribution >= 4 is 39.7 Å². The van der Waals surface area contributed by atoms with Crippen LogP contribution in [0.5, 0.6) is 0 Å². The number of aliphatic imine (C=N–C) groups is 2. The number of carbonyl (C=O) groups excluding carboxylic acids is 1. The Bertz CT molecular complexity index is 632. The molecule has 1 aromatic rings. The van der Waals surface area contributed by atoms with Crippen LogP contribution in [0.2, 0.25) is 0 Å². The van der Waals surface area contributed by atoms with Crippen molar-refractivity contribution in [3.63, 3.8) is 0 Å². The van der Waals surface area contributed by atoms with E-state index in [1.165, 1.54) is 6.20 Å². The van der Waals surface area contributed by atoms with Gasteiger partial charge in [0.05, 0.1) is 11.1 Å². The Morgan fingerprint density at radius 3 is 2.75 bits per heavy atom. The number of guanidine groups is 1. The summed E-state index contributed by atoms with van der Waals surface area (Å²) in [5.74, 6) is 0.281. The highest BCUT2D eigenvalue weighted by Gasteiger charge is 2.46. The molecule has 0 atom stereocenters. The second-order valence-corrected chi connectivity index (χ2v) is 5.75. The molecule has 104 valence electrons. The fourth-order valence-corrected chi connectivity index (χ4v) is 3.21. The molecule has 1 aliphatic rings. The second-order valence-electron chi connectivity index (χ2n) is 4.90. The Hall–Kier alpha value is -1.75. The molecule has 1 amide bonds. The zero-order valence-corrected chi connectivity index (χ0v) is 13.3. The largest absolute Gasteiger partial charge is 0.273 e. The predicted octanol–water partition coefficient (Wildman–Crippen LogP) is 3.66. The zero-order chi connectivity index (χ0) is 14.9. The van der Waals surface area contributed by atoms with Crippen LogP contribution in [0.4, 0.5) is 5.69 Å². The zero-order valence-electron chi connectivity index (χ0n) is 11.7. The summed E-state index contributed by atoms with van der Waals surface area (Å²) in [7, 11) is 0. The molecule has 1 aliphatic heterocycles. The average molecular weight is 334 g/mol. The Kier molecular flexibility index (Phi) is 3.90. The van der Waals surface area contributed by atoms with Gasteiger partial charge in [0.15, 0.2) is 0 Å². The van der Waals surface area contributed by atoms with Crippen molar-refractivity contribution in [2.75, 3.05) is 4.90 Å². The minimum absolute atomic E-state index is 0.0504. The molecule has 0 unspecified atom stereocenters. The van der Waals surface area contributed by atoms with Crippen molar-refractivity contribution in [3.05, 3.63) is 41.0 Å². The standard InChI is InChI=1S/C15H16BrN3O/c1-5-17-14(18-6-2)19-11-9-7-8-10(16)12(11)15(3,4)13(19)20/h5-9H,1H2,2-4H3/b17-14?,18-6-. The van der Waals surface area contributed by atoms with Crippen LogP contribution in [0.15, 0.2) is 45.4 Å². The molecule has 0 saturated carbocycles. The summed E-state index contributed by atoms with van der Waals surface area (Å²) < 4.78 is 0.911. The summed E-state index contributed by atoms with van der Waals surface area (Å²) in [6.07, 6.45) is 3.00. The molecule has 1 aromatic carbocycles. The number of carbonyl (C=O) groups is 1. The summed E-state index contributed by atoms with van der Waals surface area (Å²) in [5, 5.41) is 0. The molecule has 0 spiro atoms. The van der Waals surface area contributed by atoms with E-state index in [9.17, 15) is 4.79 Å². The van der Waals surface area contributed by atoms with E-state index < -0.39 is 5.41 Å². The maximum Gasteiger partial charge on any atom is 0.244 e. The van der Waals surface area contributed by atoms with Gasteiger partial charge < -0.3 is 0 Å². The van der Waals surface area contributed by atoms with Gasteiger partial charge in [0.2, 0.25) is 11.9 Å². The molecular formula is C15H16BrN3O. The van der Waals surface area contributed by atoms with E-state index in [1.54, 1.807) is 18.0 Å². The highest BCUT2D eigenvalue weighted by molar-refractivity contribution is 9.10. The van der Waals surface area contributed by atoms with Crippen molar-refractivity contribution < 1.29 is 4.79 Å². The third kappa shape index (κ3) is 2.12. The number of halogens is 1. The highest BCUT2D eigenvalue weighted by Crippen LogP contribution is 2.45. The van der Waals surface area contributed by atoms with Crippen LogP contribution in [0.3, 0.4) is 0 Å². The van der Waals surface area contributed by atoms with E-state index in [-0.39, 0.29) is 5.91 Å². The van der Waals surface area contributed by atoms with Gasteiger partial charge in [0.25, 0.3) is 0 Å². The van der Waals surface area contributed by atoms with Crippen LogP contribution in [-0.4, -0.2) is 18.1 Å². The molecule has 20 heavy (non-hydrogen) atoms. The van der Waals surface area contributed by atoms with Crippen molar-refractivity contribution in [3.8, 4) is 0 Å². The van der Waals surface area contributed by atoms with E-state index in [2.05, 4.69) is 32.5 Å². The Labute approximate surface area is 127 Å². The van der Waals surface area contributed by atoms with Gasteiger partial charge in [-0.15, -0.1) is 0 Å². The number of rotatable bonds is 1. The monoisotopic (exact) mass is 333 g/mol. The summed E-state index contributed by atoms with van der Waals surface area (Å²) >= 11 is 3.53.